The summed E-state index contributed by atoms with van der Waals surface area (Å²) in [5.41, 5.74) is 2.98. The smallest absolute Gasteiger partial charge is 0.263 e. The highest BCUT2D eigenvalue weighted by molar-refractivity contribution is 7.17. The average molecular weight is 353 g/mol. The number of pyridine rings is 1. The van der Waals surface area contributed by atoms with Crippen molar-refractivity contribution in [3.8, 4) is 0 Å². The molecule has 0 aliphatic heterocycles. The summed E-state index contributed by atoms with van der Waals surface area (Å²) in [7, 11) is 3.99. The Morgan fingerprint density at radius 3 is 2.84 bits per heavy atom. The van der Waals surface area contributed by atoms with Crippen LogP contribution in [0.5, 0.6) is 0 Å². The van der Waals surface area contributed by atoms with Crippen molar-refractivity contribution in [2.24, 2.45) is 0 Å². The van der Waals surface area contributed by atoms with E-state index in [1.165, 1.54) is 11.3 Å². The molecule has 6 nitrogen and oxygen atoms in total. The topological polar surface area (TPSA) is 70.2 Å². The van der Waals surface area contributed by atoms with Crippen molar-refractivity contribution in [1.82, 2.24) is 15.3 Å². The minimum atomic E-state index is -0.142. The van der Waals surface area contributed by atoms with Gasteiger partial charge in [-0.3, -0.25) is 9.78 Å². The second-order valence-corrected chi connectivity index (χ2v) is 6.67. The Hall–Kier alpha value is -2.93. The predicted molar refractivity (Wildman–Crippen MR) is 102 cm³/mol. The molecule has 7 heteroatoms. The third-order valence-corrected chi connectivity index (χ3v) is 4.43. The first-order valence-electron chi connectivity index (χ1n) is 7.79. The van der Waals surface area contributed by atoms with Crippen LogP contribution < -0.4 is 15.5 Å². The van der Waals surface area contributed by atoms with Gasteiger partial charge in [-0.2, -0.15) is 0 Å². The molecular weight excluding hydrogens is 334 g/mol. The fraction of sp³-hybridized carbons (Fsp3) is 0.167. The second kappa shape index (κ2) is 7.76. The Balaban J connectivity index is 1.62. The number of hydrogen-bond donors (Lipinski definition) is 2. The third kappa shape index (κ3) is 4.54. The Morgan fingerprint density at radius 1 is 1.20 bits per heavy atom. The Morgan fingerprint density at radius 2 is 2.08 bits per heavy atom. The molecule has 0 bridgehead atoms. The summed E-state index contributed by atoms with van der Waals surface area (Å²) < 4.78 is 0. The van der Waals surface area contributed by atoms with E-state index in [2.05, 4.69) is 20.6 Å². The van der Waals surface area contributed by atoms with E-state index in [1.807, 2.05) is 55.4 Å². The minimum Gasteiger partial charge on any atom is -0.378 e. The molecule has 25 heavy (non-hydrogen) atoms. The fourth-order valence-electron chi connectivity index (χ4n) is 2.19. The van der Waals surface area contributed by atoms with Gasteiger partial charge in [-0.15, -0.1) is 0 Å². The van der Waals surface area contributed by atoms with Crippen molar-refractivity contribution >= 4 is 33.8 Å². The van der Waals surface area contributed by atoms with E-state index in [0.717, 1.165) is 16.9 Å². The van der Waals surface area contributed by atoms with Gasteiger partial charge in [-0.05, 0) is 29.8 Å². The second-order valence-electron chi connectivity index (χ2n) is 5.64. The van der Waals surface area contributed by atoms with Gasteiger partial charge in [0.25, 0.3) is 5.91 Å². The SMILES string of the molecule is CN(C)c1cccc(Nc2ncc(C(=O)NCc3cccnc3)s2)c1. The molecule has 0 atom stereocenters. The molecule has 0 unspecified atom stereocenters. The first-order valence-corrected chi connectivity index (χ1v) is 8.61. The normalized spacial score (nSPS) is 10.3. The summed E-state index contributed by atoms with van der Waals surface area (Å²) in [6, 6.07) is 11.8. The van der Waals surface area contributed by atoms with Gasteiger partial charge < -0.3 is 15.5 Å². The zero-order valence-corrected chi connectivity index (χ0v) is 14.9. The van der Waals surface area contributed by atoms with Crippen molar-refractivity contribution in [3.05, 3.63) is 65.4 Å². The summed E-state index contributed by atoms with van der Waals surface area (Å²) >= 11 is 1.32. The Bertz CT molecular complexity index is 847. The Labute approximate surface area is 150 Å². The number of hydrogen-bond acceptors (Lipinski definition) is 6. The molecule has 3 aromatic rings. The van der Waals surface area contributed by atoms with E-state index in [-0.39, 0.29) is 5.91 Å². The van der Waals surface area contributed by atoms with Crippen molar-refractivity contribution < 1.29 is 4.79 Å². The molecule has 0 aliphatic rings. The maximum atomic E-state index is 12.2. The number of amides is 1. The predicted octanol–water partition coefficient (Wildman–Crippen LogP) is 3.28. The molecule has 2 N–H and O–H groups in total. The number of carbonyl (C=O) groups is 1. The van der Waals surface area contributed by atoms with Crippen molar-refractivity contribution in [1.29, 1.82) is 0 Å². The molecule has 0 aliphatic carbocycles. The number of rotatable bonds is 6. The van der Waals surface area contributed by atoms with Crippen LogP contribution in [0.25, 0.3) is 0 Å². The van der Waals surface area contributed by atoms with Crippen LogP contribution in [0.15, 0.2) is 55.0 Å². The highest BCUT2D eigenvalue weighted by Crippen LogP contribution is 2.25. The molecule has 0 fully saturated rings. The van der Waals surface area contributed by atoms with Crippen molar-refractivity contribution in [2.75, 3.05) is 24.3 Å². The third-order valence-electron chi connectivity index (χ3n) is 3.52. The standard InChI is InChI=1S/C18H19N5OS/c1-23(2)15-7-3-6-14(9-15)22-18-21-12-16(25-18)17(24)20-11-13-5-4-8-19-10-13/h3-10,12H,11H2,1-2H3,(H,20,24)(H,21,22). The van der Waals surface area contributed by atoms with Gasteiger partial charge in [-0.1, -0.05) is 23.5 Å². The molecule has 3 rings (SSSR count). The van der Waals surface area contributed by atoms with E-state index in [1.54, 1.807) is 18.6 Å². The highest BCUT2D eigenvalue weighted by atomic mass is 32.1. The monoisotopic (exact) mass is 353 g/mol. The number of nitrogens with zero attached hydrogens (tertiary/aromatic N) is 3. The molecule has 128 valence electrons. The summed E-state index contributed by atoms with van der Waals surface area (Å²) in [5, 5.41) is 6.80. The summed E-state index contributed by atoms with van der Waals surface area (Å²) in [5.74, 6) is -0.142. The average Bonchev–Trinajstić information content (AvgIpc) is 3.09. The van der Waals surface area contributed by atoms with Crippen LogP contribution in [0.1, 0.15) is 15.2 Å². The van der Waals surface area contributed by atoms with Crippen LogP contribution in [0.2, 0.25) is 0 Å². The van der Waals surface area contributed by atoms with Crippen molar-refractivity contribution in [2.45, 2.75) is 6.54 Å². The van der Waals surface area contributed by atoms with Gasteiger partial charge in [0.15, 0.2) is 5.13 Å². The molecule has 1 amide bonds. The molecule has 0 radical (unpaired) electrons. The summed E-state index contributed by atoms with van der Waals surface area (Å²) in [6.07, 6.45) is 5.02. The van der Waals surface area contributed by atoms with E-state index < -0.39 is 0 Å². The number of carbonyl (C=O) groups excluding carboxylic acids is 1. The van der Waals surface area contributed by atoms with Crippen molar-refractivity contribution in [3.63, 3.8) is 0 Å². The summed E-state index contributed by atoms with van der Waals surface area (Å²) in [6.45, 7) is 0.443. The molecule has 2 heterocycles. The van der Waals surface area contributed by atoms with Gasteiger partial charge in [0, 0.05) is 44.4 Å². The van der Waals surface area contributed by atoms with Crippen LogP contribution in [0.3, 0.4) is 0 Å². The lowest BCUT2D eigenvalue weighted by Crippen LogP contribution is -2.21. The first-order chi connectivity index (χ1) is 12.1. The van der Waals surface area contributed by atoms with E-state index >= 15 is 0 Å². The van der Waals surface area contributed by atoms with Gasteiger partial charge in [0.05, 0.1) is 6.20 Å². The van der Waals surface area contributed by atoms with Crippen LogP contribution in [-0.4, -0.2) is 30.0 Å². The number of benzene rings is 1. The largest absolute Gasteiger partial charge is 0.378 e. The van der Waals surface area contributed by atoms with Crippen LogP contribution in [-0.2, 0) is 6.54 Å². The molecule has 0 saturated heterocycles. The molecule has 0 saturated carbocycles. The maximum Gasteiger partial charge on any atom is 0.263 e. The quantitative estimate of drug-likeness (QED) is 0.712. The highest BCUT2D eigenvalue weighted by Gasteiger charge is 2.11. The number of nitrogens with one attached hydrogen (secondary N) is 2. The van der Waals surface area contributed by atoms with Crippen LogP contribution in [0.4, 0.5) is 16.5 Å². The maximum absolute atomic E-state index is 12.2. The zero-order valence-electron chi connectivity index (χ0n) is 14.1. The van der Waals surface area contributed by atoms with E-state index in [4.69, 9.17) is 0 Å². The first kappa shape index (κ1) is 16.9. The number of aromatic nitrogens is 2. The molecule has 2 aromatic heterocycles. The lowest BCUT2D eigenvalue weighted by Gasteiger charge is -2.13. The number of anilines is 3. The van der Waals surface area contributed by atoms with Gasteiger partial charge in [0.2, 0.25) is 0 Å². The Kier molecular flexibility index (Phi) is 5.25. The van der Waals surface area contributed by atoms with E-state index in [0.29, 0.717) is 16.6 Å². The minimum absolute atomic E-state index is 0.142. The fourth-order valence-corrected chi connectivity index (χ4v) is 2.95. The van der Waals surface area contributed by atoms with Gasteiger partial charge in [-0.25, -0.2) is 4.98 Å². The van der Waals surface area contributed by atoms with Crippen LogP contribution in [0, 0.1) is 0 Å². The zero-order chi connectivity index (χ0) is 17.6. The number of thiazole rings is 1. The van der Waals surface area contributed by atoms with Crippen LogP contribution >= 0.6 is 11.3 Å². The summed E-state index contributed by atoms with van der Waals surface area (Å²) in [4.78, 5) is 23.1. The van der Waals surface area contributed by atoms with E-state index in [9.17, 15) is 4.79 Å². The lowest BCUT2D eigenvalue weighted by molar-refractivity contribution is 0.0954. The lowest BCUT2D eigenvalue weighted by atomic mass is 10.2. The molecular formula is C18H19N5OS. The van der Waals surface area contributed by atoms with Gasteiger partial charge >= 0.3 is 0 Å². The molecule has 1 aromatic carbocycles. The van der Waals surface area contributed by atoms with Gasteiger partial charge in [0.1, 0.15) is 4.88 Å². The molecule has 0 spiro atoms.